The predicted molar refractivity (Wildman–Crippen MR) is 104 cm³/mol. The van der Waals surface area contributed by atoms with E-state index in [1.165, 1.54) is 30.4 Å². The molecule has 2 fully saturated rings. The summed E-state index contributed by atoms with van der Waals surface area (Å²) in [5.74, 6) is 1.68. The van der Waals surface area contributed by atoms with Crippen LogP contribution in [0.2, 0.25) is 0 Å². The molecule has 3 aliphatic rings. The summed E-state index contributed by atoms with van der Waals surface area (Å²) in [5, 5.41) is 6.89. The van der Waals surface area contributed by atoms with Crippen LogP contribution in [0.25, 0.3) is 0 Å². The Bertz CT molecular complexity index is 840. The average Bonchev–Trinajstić information content (AvgIpc) is 3.30. The second-order valence-corrected chi connectivity index (χ2v) is 7.67. The van der Waals surface area contributed by atoms with E-state index < -0.39 is 0 Å². The van der Waals surface area contributed by atoms with Crippen molar-refractivity contribution < 1.29 is 0 Å². The van der Waals surface area contributed by atoms with Gasteiger partial charge in [0, 0.05) is 31.2 Å². The fourth-order valence-electron chi connectivity index (χ4n) is 4.37. The number of nitrogens with one attached hydrogen (secondary N) is 2. The van der Waals surface area contributed by atoms with Gasteiger partial charge >= 0.3 is 0 Å². The minimum absolute atomic E-state index is 0.456. The lowest BCUT2D eigenvalue weighted by Gasteiger charge is -2.33. The normalized spacial score (nSPS) is 20.5. The number of fused-ring (bicyclic) bond motifs is 1. The van der Waals surface area contributed by atoms with E-state index in [1.807, 2.05) is 18.5 Å². The van der Waals surface area contributed by atoms with Gasteiger partial charge in [-0.1, -0.05) is 6.07 Å². The molecular weight excluding hydrogens is 324 g/mol. The Labute approximate surface area is 153 Å². The van der Waals surface area contributed by atoms with Crippen LogP contribution in [0, 0.1) is 5.41 Å². The first-order valence-corrected chi connectivity index (χ1v) is 9.48. The molecule has 6 heteroatoms. The molecule has 1 aromatic heterocycles. The molecule has 134 valence electrons. The smallest absolute Gasteiger partial charge is 0.227 e. The molecule has 5 rings (SSSR count). The summed E-state index contributed by atoms with van der Waals surface area (Å²) in [4.78, 5) is 16.0. The Morgan fingerprint density at radius 1 is 1.12 bits per heavy atom. The van der Waals surface area contributed by atoms with Gasteiger partial charge in [0.15, 0.2) is 0 Å². The van der Waals surface area contributed by atoms with Gasteiger partial charge in [-0.2, -0.15) is 4.98 Å². The third-order valence-electron chi connectivity index (χ3n) is 5.94. The lowest BCUT2D eigenvalue weighted by atomic mass is 9.78. The molecule has 0 amide bonds. The fourth-order valence-corrected chi connectivity index (χ4v) is 4.37. The number of piperidine rings is 1. The van der Waals surface area contributed by atoms with E-state index in [4.69, 9.17) is 4.98 Å². The van der Waals surface area contributed by atoms with Gasteiger partial charge in [0.25, 0.3) is 0 Å². The highest BCUT2D eigenvalue weighted by Gasteiger charge is 2.39. The number of hydrogen-bond donors (Lipinski definition) is 2. The van der Waals surface area contributed by atoms with Crippen molar-refractivity contribution in [2.24, 2.45) is 10.4 Å². The van der Waals surface area contributed by atoms with Gasteiger partial charge in [0.2, 0.25) is 5.95 Å². The van der Waals surface area contributed by atoms with Crippen LogP contribution in [0.15, 0.2) is 35.5 Å². The molecule has 0 atom stereocenters. The first kappa shape index (κ1) is 15.8. The van der Waals surface area contributed by atoms with E-state index in [0.29, 0.717) is 5.41 Å². The molecule has 0 radical (unpaired) electrons. The first-order chi connectivity index (χ1) is 12.8. The standard InChI is InChI=1S/C20H24N6/c1-2-17(11-16-13-22-12-15(1)16)24-18-3-7-23-19(25-18)26-10-6-20(14-26)4-8-21-9-5-20/h1-3,7,11,13,21H,4-6,8-10,12,14H2,(H,23,24,25). The monoisotopic (exact) mass is 348 g/mol. The van der Waals surface area contributed by atoms with Gasteiger partial charge in [0.05, 0.1) is 6.54 Å². The van der Waals surface area contributed by atoms with E-state index in [1.54, 1.807) is 0 Å². The lowest BCUT2D eigenvalue weighted by Crippen LogP contribution is -2.38. The maximum Gasteiger partial charge on any atom is 0.227 e. The van der Waals surface area contributed by atoms with Gasteiger partial charge in [-0.25, -0.2) is 4.98 Å². The number of hydrogen-bond acceptors (Lipinski definition) is 6. The van der Waals surface area contributed by atoms with Crippen LogP contribution in [0.1, 0.15) is 30.4 Å². The van der Waals surface area contributed by atoms with Crippen molar-refractivity contribution in [3.63, 3.8) is 0 Å². The van der Waals surface area contributed by atoms with Gasteiger partial charge < -0.3 is 15.5 Å². The number of nitrogens with zero attached hydrogens (tertiary/aromatic N) is 4. The third-order valence-corrected chi connectivity index (χ3v) is 5.94. The van der Waals surface area contributed by atoms with Crippen molar-refractivity contribution in [2.45, 2.75) is 25.8 Å². The quantitative estimate of drug-likeness (QED) is 0.893. The molecule has 6 nitrogen and oxygen atoms in total. The topological polar surface area (TPSA) is 65.4 Å². The highest BCUT2D eigenvalue weighted by molar-refractivity contribution is 5.86. The predicted octanol–water partition coefficient (Wildman–Crippen LogP) is 2.73. The van der Waals surface area contributed by atoms with Crippen LogP contribution in [0.5, 0.6) is 0 Å². The Morgan fingerprint density at radius 3 is 2.96 bits per heavy atom. The fraction of sp³-hybridized carbons (Fsp3) is 0.450. The second kappa shape index (κ2) is 6.36. The zero-order chi connectivity index (χ0) is 17.4. The highest BCUT2D eigenvalue weighted by Crippen LogP contribution is 2.39. The minimum atomic E-state index is 0.456. The summed E-state index contributed by atoms with van der Waals surface area (Å²) in [6, 6.07) is 8.29. The van der Waals surface area contributed by atoms with Crippen molar-refractivity contribution in [3.8, 4) is 0 Å². The molecule has 3 aliphatic heterocycles. The summed E-state index contributed by atoms with van der Waals surface area (Å²) in [6.07, 6.45) is 7.57. The number of anilines is 3. The van der Waals surface area contributed by atoms with Crippen LogP contribution >= 0.6 is 0 Å². The summed E-state index contributed by atoms with van der Waals surface area (Å²) < 4.78 is 0. The molecule has 0 saturated carbocycles. The number of aliphatic imine (C=N–C) groups is 1. The molecule has 2 aromatic rings. The number of benzene rings is 1. The summed E-state index contributed by atoms with van der Waals surface area (Å²) in [5.41, 5.74) is 3.97. The maximum absolute atomic E-state index is 4.78. The molecule has 0 bridgehead atoms. The molecule has 1 aromatic carbocycles. The van der Waals surface area contributed by atoms with Crippen LogP contribution < -0.4 is 15.5 Å². The Hall–Kier alpha value is -2.47. The zero-order valence-electron chi connectivity index (χ0n) is 14.9. The van der Waals surface area contributed by atoms with Crippen molar-refractivity contribution in [3.05, 3.63) is 41.6 Å². The Morgan fingerprint density at radius 2 is 2.04 bits per heavy atom. The van der Waals surface area contributed by atoms with Gasteiger partial charge in [-0.15, -0.1) is 0 Å². The van der Waals surface area contributed by atoms with Crippen LogP contribution in [0.3, 0.4) is 0 Å². The molecule has 0 unspecified atom stereocenters. The zero-order valence-corrected chi connectivity index (χ0v) is 14.9. The SMILES string of the molecule is C1=NCc2ccc(Nc3ccnc(N4CCC5(CCNCC5)C4)n3)cc21. The van der Waals surface area contributed by atoms with Crippen LogP contribution in [-0.4, -0.2) is 42.4 Å². The van der Waals surface area contributed by atoms with Gasteiger partial charge in [0.1, 0.15) is 5.82 Å². The first-order valence-electron chi connectivity index (χ1n) is 9.48. The molecule has 1 spiro atoms. The lowest BCUT2D eigenvalue weighted by molar-refractivity contribution is 0.232. The average molecular weight is 348 g/mol. The van der Waals surface area contributed by atoms with E-state index in [9.17, 15) is 0 Å². The largest absolute Gasteiger partial charge is 0.340 e. The van der Waals surface area contributed by atoms with Crippen molar-refractivity contribution >= 4 is 23.7 Å². The van der Waals surface area contributed by atoms with Crippen LogP contribution in [0.4, 0.5) is 17.5 Å². The highest BCUT2D eigenvalue weighted by atomic mass is 15.3. The number of aromatic nitrogens is 2. The minimum Gasteiger partial charge on any atom is -0.340 e. The molecule has 0 aliphatic carbocycles. The van der Waals surface area contributed by atoms with Crippen molar-refractivity contribution in [1.29, 1.82) is 0 Å². The van der Waals surface area contributed by atoms with Crippen molar-refractivity contribution in [1.82, 2.24) is 15.3 Å². The van der Waals surface area contributed by atoms with E-state index in [2.05, 4.69) is 43.7 Å². The Kier molecular flexibility index (Phi) is 3.85. The maximum atomic E-state index is 4.78. The van der Waals surface area contributed by atoms with E-state index in [-0.39, 0.29) is 0 Å². The van der Waals surface area contributed by atoms with E-state index >= 15 is 0 Å². The Balaban J connectivity index is 1.32. The molecule has 26 heavy (non-hydrogen) atoms. The van der Waals surface area contributed by atoms with Crippen LogP contribution in [-0.2, 0) is 6.54 Å². The molecule has 2 N–H and O–H groups in total. The summed E-state index contributed by atoms with van der Waals surface area (Å²) in [6.45, 7) is 5.20. The molecule has 4 heterocycles. The van der Waals surface area contributed by atoms with E-state index in [0.717, 1.165) is 50.2 Å². The van der Waals surface area contributed by atoms with Gasteiger partial charge in [-0.05, 0) is 67.1 Å². The van der Waals surface area contributed by atoms with Gasteiger partial charge in [-0.3, -0.25) is 4.99 Å². The third kappa shape index (κ3) is 2.94. The summed E-state index contributed by atoms with van der Waals surface area (Å²) in [7, 11) is 0. The van der Waals surface area contributed by atoms with Crippen molar-refractivity contribution in [2.75, 3.05) is 36.4 Å². The number of rotatable bonds is 3. The molecular formula is C20H24N6. The second-order valence-electron chi connectivity index (χ2n) is 7.67. The molecule has 2 saturated heterocycles. The summed E-state index contributed by atoms with van der Waals surface area (Å²) >= 11 is 0.